The molecule has 3 aliphatic rings. The molecule has 0 amide bonds. The quantitative estimate of drug-likeness (QED) is 0.864. The highest BCUT2D eigenvalue weighted by Crippen LogP contribution is 2.40. The lowest BCUT2D eigenvalue weighted by Crippen LogP contribution is -2.53. The Hall–Kier alpha value is -0.160. The van der Waals surface area contributed by atoms with E-state index in [-0.39, 0.29) is 11.2 Å². The third-order valence-corrected chi connectivity index (χ3v) is 5.29. The van der Waals surface area contributed by atoms with Crippen LogP contribution in [0.25, 0.3) is 0 Å². The van der Waals surface area contributed by atoms with Gasteiger partial charge in [-0.15, -0.1) is 0 Å². The van der Waals surface area contributed by atoms with E-state index in [2.05, 4.69) is 0 Å². The Kier molecular flexibility index (Phi) is 4.65. The molecule has 116 valence electrons. The summed E-state index contributed by atoms with van der Waals surface area (Å²) < 4.78 is 18.2. The minimum Gasteiger partial charge on any atom is -0.378 e. The predicted octanol–water partition coefficient (Wildman–Crippen LogP) is 2.39. The first kappa shape index (κ1) is 14.8. The molecule has 1 spiro atoms. The van der Waals surface area contributed by atoms with Crippen molar-refractivity contribution in [2.75, 3.05) is 26.4 Å². The summed E-state index contributed by atoms with van der Waals surface area (Å²) in [5.74, 6) is 0. The van der Waals surface area contributed by atoms with Crippen LogP contribution in [0, 0.1) is 0 Å². The lowest BCUT2D eigenvalue weighted by molar-refractivity contribution is -0.204. The molecule has 2 atom stereocenters. The largest absolute Gasteiger partial charge is 0.378 e. The van der Waals surface area contributed by atoms with E-state index in [0.29, 0.717) is 19.3 Å². The Morgan fingerprint density at radius 2 is 1.90 bits per heavy atom. The van der Waals surface area contributed by atoms with E-state index in [4.69, 9.17) is 19.9 Å². The Morgan fingerprint density at radius 3 is 2.60 bits per heavy atom. The van der Waals surface area contributed by atoms with Gasteiger partial charge >= 0.3 is 0 Å². The fourth-order valence-corrected chi connectivity index (χ4v) is 4.11. The van der Waals surface area contributed by atoms with Crippen LogP contribution in [0.3, 0.4) is 0 Å². The first-order valence-electron chi connectivity index (χ1n) is 8.36. The molecule has 1 aliphatic carbocycles. The van der Waals surface area contributed by atoms with Gasteiger partial charge in [-0.25, -0.2) is 0 Å². The molecular weight excluding hydrogens is 254 g/mol. The van der Waals surface area contributed by atoms with Crippen LogP contribution in [-0.2, 0) is 14.2 Å². The molecule has 2 saturated heterocycles. The summed E-state index contributed by atoms with van der Waals surface area (Å²) in [7, 11) is 0. The average molecular weight is 283 g/mol. The van der Waals surface area contributed by atoms with Gasteiger partial charge in [0.1, 0.15) is 5.60 Å². The number of nitrogens with two attached hydrogens (primary N) is 1. The number of hydrogen-bond acceptors (Lipinski definition) is 4. The molecule has 2 heterocycles. The molecule has 3 fully saturated rings. The van der Waals surface area contributed by atoms with Crippen LogP contribution in [0.4, 0.5) is 0 Å². The number of rotatable bonds is 3. The van der Waals surface area contributed by atoms with Crippen LogP contribution in [-0.4, -0.2) is 43.7 Å². The smallest absolute Gasteiger partial charge is 0.104 e. The Balaban J connectivity index is 1.61. The maximum absolute atomic E-state index is 6.47. The fraction of sp³-hybridized carbons (Fsp3) is 1.00. The molecule has 20 heavy (non-hydrogen) atoms. The highest BCUT2D eigenvalue weighted by Gasteiger charge is 2.42. The summed E-state index contributed by atoms with van der Waals surface area (Å²) >= 11 is 0. The van der Waals surface area contributed by atoms with Crippen LogP contribution in [0.2, 0.25) is 0 Å². The molecule has 0 aromatic carbocycles. The van der Waals surface area contributed by atoms with Gasteiger partial charge in [0.15, 0.2) is 0 Å². The molecule has 2 aliphatic heterocycles. The molecule has 0 aromatic heterocycles. The standard InChI is InChI=1S/C16H29NO3/c17-12-16(8-4-9-18-13-16)20-14-5-10-19-15(11-14)6-2-1-3-7-15/h14H,1-13,17H2. The Labute approximate surface area is 122 Å². The minimum atomic E-state index is -0.240. The van der Waals surface area contributed by atoms with Gasteiger partial charge in [0, 0.05) is 26.2 Å². The zero-order chi connectivity index (χ0) is 13.9. The average Bonchev–Trinajstić information content (AvgIpc) is 2.49. The first-order valence-corrected chi connectivity index (χ1v) is 8.36. The summed E-state index contributed by atoms with van der Waals surface area (Å²) in [5, 5.41) is 0. The summed E-state index contributed by atoms with van der Waals surface area (Å²) in [4.78, 5) is 0. The van der Waals surface area contributed by atoms with E-state index in [9.17, 15) is 0 Å². The van der Waals surface area contributed by atoms with Gasteiger partial charge in [-0.3, -0.25) is 0 Å². The van der Waals surface area contributed by atoms with Crippen molar-refractivity contribution in [1.82, 2.24) is 0 Å². The van der Waals surface area contributed by atoms with E-state index in [1.165, 1.54) is 32.1 Å². The van der Waals surface area contributed by atoms with Crippen molar-refractivity contribution in [2.24, 2.45) is 5.73 Å². The predicted molar refractivity (Wildman–Crippen MR) is 77.7 cm³/mol. The van der Waals surface area contributed by atoms with Gasteiger partial charge in [-0.2, -0.15) is 0 Å². The van der Waals surface area contributed by atoms with Crippen molar-refractivity contribution in [3.63, 3.8) is 0 Å². The van der Waals surface area contributed by atoms with E-state index in [0.717, 1.165) is 38.9 Å². The van der Waals surface area contributed by atoms with Crippen LogP contribution in [0.15, 0.2) is 0 Å². The summed E-state index contributed by atoms with van der Waals surface area (Å²) in [6.07, 6.45) is 10.8. The van der Waals surface area contributed by atoms with Crippen LogP contribution < -0.4 is 5.73 Å². The zero-order valence-corrected chi connectivity index (χ0v) is 12.6. The van der Waals surface area contributed by atoms with Crippen molar-refractivity contribution >= 4 is 0 Å². The first-order chi connectivity index (χ1) is 9.76. The highest BCUT2D eigenvalue weighted by molar-refractivity contribution is 4.93. The second-order valence-corrected chi connectivity index (χ2v) is 6.87. The maximum Gasteiger partial charge on any atom is 0.104 e. The normalized spacial score (nSPS) is 38.0. The van der Waals surface area contributed by atoms with Crippen molar-refractivity contribution in [2.45, 2.75) is 75.1 Å². The topological polar surface area (TPSA) is 53.7 Å². The number of hydrogen-bond donors (Lipinski definition) is 1. The van der Waals surface area contributed by atoms with Gasteiger partial charge < -0.3 is 19.9 Å². The lowest BCUT2D eigenvalue weighted by atomic mass is 9.78. The molecule has 2 unspecified atom stereocenters. The Morgan fingerprint density at radius 1 is 1.05 bits per heavy atom. The van der Waals surface area contributed by atoms with Crippen molar-refractivity contribution in [3.05, 3.63) is 0 Å². The van der Waals surface area contributed by atoms with Gasteiger partial charge in [0.05, 0.1) is 18.3 Å². The summed E-state index contributed by atoms with van der Waals surface area (Å²) in [6.45, 7) is 2.92. The van der Waals surface area contributed by atoms with Crippen LogP contribution in [0.1, 0.15) is 57.8 Å². The van der Waals surface area contributed by atoms with Crippen molar-refractivity contribution in [1.29, 1.82) is 0 Å². The SMILES string of the molecule is NCC1(OC2CCOC3(CCCCC3)C2)CCCOC1. The molecule has 0 bridgehead atoms. The maximum atomic E-state index is 6.47. The second kappa shape index (κ2) is 6.30. The highest BCUT2D eigenvalue weighted by atomic mass is 16.6. The van der Waals surface area contributed by atoms with Gasteiger partial charge in [0.2, 0.25) is 0 Å². The van der Waals surface area contributed by atoms with Crippen molar-refractivity contribution in [3.8, 4) is 0 Å². The van der Waals surface area contributed by atoms with Crippen LogP contribution >= 0.6 is 0 Å². The van der Waals surface area contributed by atoms with E-state index < -0.39 is 0 Å². The lowest BCUT2D eigenvalue weighted by Gasteiger charge is -2.46. The molecule has 2 N–H and O–H groups in total. The molecule has 3 rings (SSSR count). The fourth-order valence-electron chi connectivity index (χ4n) is 4.11. The van der Waals surface area contributed by atoms with E-state index in [1.807, 2.05) is 0 Å². The minimum absolute atomic E-state index is 0.104. The molecule has 4 nitrogen and oxygen atoms in total. The van der Waals surface area contributed by atoms with E-state index >= 15 is 0 Å². The van der Waals surface area contributed by atoms with Crippen LogP contribution in [0.5, 0.6) is 0 Å². The van der Waals surface area contributed by atoms with Crippen molar-refractivity contribution < 1.29 is 14.2 Å². The van der Waals surface area contributed by atoms with Gasteiger partial charge in [0.25, 0.3) is 0 Å². The second-order valence-electron chi connectivity index (χ2n) is 6.87. The monoisotopic (exact) mass is 283 g/mol. The summed E-state index contributed by atoms with van der Waals surface area (Å²) in [6, 6.07) is 0. The molecular formula is C16H29NO3. The Bertz CT molecular complexity index is 303. The third-order valence-electron chi connectivity index (χ3n) is 5.29. The molecule has 0 radical (unpaired) electrons. The van der Waals surface area contributed by atoms with Gasteiger partial charge in [-0.1, -0.05) is 19.3 Å². The molecule has 1 saturated carbocycles. The summed E-state index contributed by atoms with van der Waals surface area (Å²) in [5.41, 5.74) is 5.85. The number of ether oxygens (including phenoxy) is 3. The van der Waals surface area contributed by atoms with Gasteiger partial charge in [-0.05, 0) is 32.1 Å². The molecule has 4 heteroatoms. The van der Waals surface area contributed by atoms with E-state index in [1.54, 1.807) is 0 Å². The zero-order valence-electron chi connectivity index (χ0n) is 12.6. The molecule has 0 aromatic rings. The third kappa shape index (κ3) is 3.19.